The Morgan fingerprint density at radius 2 is 2.00 bits per heavy atom. The predicted octanol–water partition coefficient (Wildman–Crippen LogP) is 4.22. The highest BCUT2D eigenvalue weighted by molar-refractivity contribution is 5.39. The van der Waals surface area contributed by atoms with Gasteiger partial charge in [0.25, 0.3) is 0 Å². The Kier molecular flexibility index (Phi) is 3.98. The maximum absolute atomic E-state index is 6.21. The Balaban J connectivity index is 1.76. The third-order valence-corrected chi connectivity index (χ3v) is 4.38. The quantitative estimate of drug-likeness (QED) is 0.914. The minimum atomic E-state index is 0.165. The summed E-state index contributed by atoms with van der Waals surface area (Å²) in [5.41, 5.74) is 12.6. The number of hydrogen-bond donors (Lipinski definition) is 1. The summed E-state index contributed by atoms with van der Waals surface area (Å²) >= 11 is 0. The van der Waals surface area contributed by atoms with Gasteiger partial charge in [0, 0.05) is 6.04 Å². The highest BCUT2D eigenvalue weighted by atomic mass is 16.5. The predicted molar refractivity (Wildman–Crippen MR) is 86.6 cm³/mol. The number of nitrogens with two attached hydrogens (primary N) is 1. The summed E-state index contributed by atoms with van der Waals surface area (Å²) in [4.78, 5) is 0. The SMILES string of the molecule is Cc1ccc(C)c(COc2ccc3c(c2)[C@H](N)CCC3)c1. The van der Waals surface area contributed by atoms with Gasteiger partial charge in [0.2, 0.25) is 0 Å². The molecule has 3 rings (SSSR count). The van der Waals surface area contributed by atoms with Crippen molar-refractivity contribution in [2.24, 2.45) is 5.73 Å². The van der Waals surface area contributed by atoms with Crippen LogP contribution in [0, 0.1) is 13.8 Å². The molecule has 0 aliphatic heterocycles. The van der Waals surface area contributed by atoms with Crippen LogP contribution in [0.2, 0.25) is 0 Å². The van der Waals surface area contributed by atoms with Crippen molar-refractivity contribution in [2.45, 2.75) is 45.8 Å². The first-order chi connectivity index (χ1) is 10.1. The van der Waals surface area contributed by atoms with E-state index in [1.807, 2.05) is 0 Å². The van der Waals surface area contributed by atoms with Gasteiger partial charge in [0.15, 0.2) is 0 Å². The van der Waals surface area contributed by atoms with E-state index in [-0.39, 0.29) is 6.04 Å². The second-order valence-corrected chi connectivity index (χ2v) is 6.08. The van der Waals surface area contributed by atoms with Crippen LogP contribution in [0.1, 0.15) is 46.7 Å². The zero-order chi connectivity index (χ0) is 14.8. The van der Waals surface area contributed by atoms with E-state index >= 15 is 0 Å². The van der Waals surface area contributed by atoms with Crippen molar-refractivity contribution < 1.29 is 4.74 Å². The number of aryl methyl sites for hydroxylation is 3. The van der Waals surface area contributed by atoms with Crippen molar-refractivity contribution in [1.29, 1.82) is 0 Å². The fraction of sp³-hybridized carbons (Fsp3) is 0.368. The number of benzene rings is 2. The third kappa shape index (κ3) is 3.11. The van der Waals surface area contributed by atoms with E-state index in [2.05, 4.69) is 50.2 Å². The first-order valence-electron chi connectivity index (χ1n) is 7.71. The largest absolute Gasteiger partial charge is 0.489 e. The molecule has 2 aromatic carbocycles. The molecule has 110 valence electrons. The standard InChI is InChI=1S/C19H23NO/c1-13-6-7-14(2)16(10-13)12-21-17-9-8-15-4-3-5-19(20)18(15)11-17/h6-11,19H,3-5,12,20H2,1-2H3/t19-/m1/s1. The van der Waals surface area contributed by atoms with Crippen LogP contribution in [0.15, 0.2) is 36.4 Å². The Labute approximate surface area is 126 Å². The van der Waals surface area contributed by atoms with Crippen molar-refractivity contribution in [2.75, 3.05) is 0 Å². The zero-order valence-electron chi connectivity index (χ0n) is 12.9. The minimum Gasteiger partial charge on any atom is -0.489 e. The van der Waals surface area contributed by atoms with Gasteiger partial charge in [0.05, 0.1) is 0 Å². The van der Waals surface area contributed by atoms with Gasteiger partial charge >= 0.3 is 0 Å². The molecule has 2 nitrogen and oxygen atoms in total. The lowest BCUT2D eigenvalue weighted by atomic mass is 9.88. The molecule has 0 aromatic heterocycles. The number of ether oxygens (including phenoxy) is 1. The monoisotopic (exact) mass is 281 g/mol. The van der Waals surface area contributed by atoms with Crippen LogP contribution in [-0.2, 0) is 13.0 Å². The van der Waals surface area contributed by atoms with Crippen LogP contribution in [0.3, 0.4) is 0 Å². The molecule has 0 radical (unpaired) electrons. The summed E-state index contributed by atoms with van der Waals surface area (Å²) in [5.74, 6) is 0.923. The van der Waals surface area contributed by atoms with Crippen LogP contribution in [0.4, 0.5) is 0 Å². The van der Waals surface area contributed by atoms with Gasteiger partial charge in [0.1, 0.15) is 12.4 Å². The summed E-state index contributed by atoms with van der Waals surface area (Å²) in [6, 6.07) is 13.0. The van der Waals surface area contributed by atoms with Crippen molar-refractivity contribution in [3.63, 3.8) is 0 Å². The fourth-order valence-electron chi connectivity index (χ4n) is 3.02. The van der Waals surface area contributed by atoms with E-state index in [9.17, 15) is 0 Å². The number of fused-ring (bicyclic) bond motifs is 1. The van der Waals surface area contributed by atoms with E-state index in [1.54, 1.807) is 0 Å². The van der Waals surface area contributed by atoms with Gasteiger partial charge in [-0.15, -0.1) is 0 Å². The van der Waals surface area contributed by atoms with Crippen LogP contribution in [-0.4, -0.2) is 0 Å². The second kappa shape index (κ2) is 5.90. The lowest BCUT2D eigenvalue weighted by molar-refractivity contribution is 0.304. The highest BCUT2D eigenvalue weighted by Gasteiger charge is 2.17. The molecule has 1 atom stereocenters. The summed E-state index contributed by atoms with van der Waals surface area (Å²) < 4.78 is 5.99. The summed E-state index contributed by atoms with van der Waals surface area (Å²) in [6.07, 6.45) is 3.41. The lowest BCUT2D eigenvalue weighted by Crippen LogP contribution is -2.17. The van der Waals surface area contributed by atoms with Gasteiger partial charge in [-0.05, 0) is 67.5 Å². The van der Waals surface area contributed by atoms with Crippen molar-refractivity contribution in [3.05, 3.63) is 64.2 Å². The molecule has 2 N–H and O–H groups in total. The lowest BCUT2D eigenvalue weighted by Gasteiger charge is -2.23. The van der Waals surface area contributed by atoms with E-state index in [0.717, 1.165) is 18.6 Å². The molecule has 2 heteroatoms. The smallest absolute Gasteiger partial charge is 0.120 e. The van der Waals surface area contributed by atoms with E-state index in [4.69, 9.17) is 10.5 Å². The van der Waals surface area contributed by atoms with E-state index in [1.165, 1.54) is 34.2 Å². The maximum Gasteiger partial charge on any atom is 0.120 e. The molecule has 0 bridgehead atoms. The Morgan fingerprint density at radius 1 is 1.14 bits per heavy atom. The number of rotatable bonds is 3. The molecule has 0 amide bonds. The highest BCUT2D eigenvalue weighted by Crippen LogP contribution is 2.31. The first kappa shape index (κ1) is 14.2. The average Bonchev–Trinajstić information content (AvgIpc) is 2.49. The molecule has 0 heterocycles. The van der Waals surface area contributed by atoms with Crippen LogP contribution < -0.4 is 10.5 Å². The third-order valence-electron chi connectivity index (χ3n) is 4.38. The molecule has 0 unspecified atom stereocenters. The van der Waals surface area contributed by atoms with Gasteiger partial charge in [-0.2, -0.15) is 0 Å². The molecule has 1 aliphatic rings. The normalized spacial score (nSPS) is 17.4. The number of hydrogen-bond acceptors (Lipinski definition) is 2. The fourth-order valence-corrected chi connectivity index (χ4v) is 3.02. The molecular weight excluding hydrogens is 258 g/mol. The van der Waals surface area contributed by atoms with E-state index in [0.29, 0.717) is 6.61 Å². The molecule has 21 heavy (non-hydrogen) atoms. The van der Waals surface area contributed by atoms with Crippen LogP contribution in [0.5, 0.6) is 5.75 Å². The minimum absolute atomic E-state index is 0.165. The van der Waals surface area contributed by atoms with Crippen molar-refractivity contribution in [1.82, 2.24) is 0 Å². The molecule has 2 aromatic rings. The van der Waals surface area contributed by atoms with Crippen molar-refractivity contribution >= 4 is 0 Å². The average molecular weight is 281 g/mol. The van der Waals surface area contributed by atoms with Crippen LogP contribution in [0.25, 0.3) is 0 Å². The molecule has 0 spiro atoms. The van der Waals surface area contributed by atoms with Crippen molar-refractivity contribution in [3.8, 4) is 5.75 Å². The first-order valence-corrected chi connectivity index (χ1v) is 7.71. The molecule has 1 aliphatic carbocycles. The van der Waals surface area contributed by atoms with E-state index < -0.39 is 0 Å². The van der Waals surface area contributed by atoms with Gasteiger partial charge in [-0.3, -0.25) is 0 Å². The molecule has 0 saturated heterocycles. The van der Waals surface area contributed by atoms with Gasteiger partial charge < -0.3 is 10.5 Å². The maximum atomic E-state index is 6.21. The van der Waals surface area contributed by atoms with Gasteiger partial charge in [-0.25, -0.2) is 0 Å². The summed E-state index contributed by atoms with van der Waals surface area (Å²) in [7, 11) is 0. The molecule has 0 fully saturated rings. The molecule has 0 saturated carbocycles. The summed E-state index contributed by atoms with van der Waals surface area (Å²) in [6.45, 7) is 4.85. The summed E-state index contributed by atoms with van der Waals surface area (Å²) in [5, 5.41) is 0. The molecular formula is C19H23NO. The Bertz CT molecular complexity index is 648. The van der Waals surface area contributed by atoms with Gasteiger partial charge in [-0.1, -0.05) is 29.8 Å². The Hall–Kier alpha value is -1.80. The Morgan fingerprint density at radius 3 is 2.86 bits per heavy atom. The zero-order valence-corrected chi connectivity index (χ0v) is 12.9. The second-order valence-electron chi connectivity index (χ2n) is 6.08. The van der Waals surface area contributed by atoms with Crippen LogP contribution >= 0.6 is 0 Å². The topological polar surface area (TPSA) is 35.2 Å².